The van der Waals surface area contributed by atoms with Crippen molar-refractivity contribution < 1.29 is 35.5 Å². The summed E-state index contributed by atoms with van der Waals surface area (Å²) in [5.41, 5.74) is -2.25. The van der Waals surface area contributed by atoms with E-state index in [1.54, 1.807) is 6.92 Å². The summed E-state index contributed by atoms with van der Waals surface area (Å²) >= 11 is 0. The lowest BCUT2D eigenvalue weighted by Crippen LogP contribution is -2.44. The van der Waals surface area contributed by atoms with Crippen LogP contribution < -0.4 is 10.2 Å². The first-order valence-corrected chi connectivity index (χ1v) is 11.9. The Balaban J connectivity index is 1.72. The van der Waals surface area contributed by atoms with Gasteiger partial charge in [0.05, 0.1) is 22.4 Å². The van der Waals surface area contributed by atoms with Gasteiger partial charge >= 0.3 is 12.4 Å². The van der Waals surface area contributed by atoms with E-state index in [-0.39, 0.29) is 22.9 Å². The smallest absolute Gasteiger partial charge is 0.338 e. The van der Waals surface area contributed by atoms with Crippen molar-refractivity contribution in [2.45, 2.75) is 25.8 Å². The van der Waals surface area contributed by atoms with Gasteiger partial charge in [0.25, 0.3) is 5.91 Å². The van der Waals surface area contributed by atoms with Crippen molar-refractivity contribution in [2.75, 3.05) is 38.1 Å². The second-order valence-electron chi connectivity index (χ2n) is 9.20. The van der Waals surface area contributed by atoms with Gasteiger partial charge in [0.1, 0.15) is 5.82 Å². The minimum absolute atomic E-state index is 0.0312. The fourth-order valence-electron chi connectivity index (χ4n) is 4.31. The number of nitrogens with one attached hydrogen (secondary N) is 1. The van der Waals surface area contributed by atoms with Crippen molar-refractivity contribution >= 4 is 11.9 Å². The van der Waals surface area contributed by atoms with E-state index < -0.39 is 41.7 Å². The number of nitrogens with zero attached hydrogens (tertiary/aromatic N) is 4. The first kappa shape index (κ1) is 28.3. The second kappa shape index (κ2) is 10.8. The zero-order valence-electron chi connectivity index (χ0n) is 20.9. The molecule has 0 spiro atoms. The molecule has 4 rings (SSSR count). The molecule has 13 heteroatoms. The Labute approximate surface area is 219 Å². The molecule has 3 aromatic rings. The molecule has 0 saturated carbocycles. The number of hydrogen-bond donors (Lipinski definition) is 1. The van der Waals surface area contributed by atoms with Gasteiger partial charge in [0.15, 0.2) is 0 Å². The number of anilines is 1. The van der Waals surface area contributed by atoms with Crippen LogP contribution in [0.15, 0.2) is 42.6 Å². The topological polar surface area (TPSA) is 61.4 Å². The summed E-state index contributed by atoms with van der Waals surface area (Å²) in [6, 6.07) is 5.11. The Morgan fingerprint density at radius 2 is 1.62 bits per heavy atom. The molecular weight excluding hydrogens is 531 g/mol. The molecule has 1 amide bonds. The monoisotopic (exact) mass is 555 g/mol. The summed E-state index contributed by atoms with van der Waals surface area (Å²) in [5.74, 6) is -0.892. The Kier molecular flexibility index (Phi) is 7.82. The standard InChI is InChI=1S/C26H24F7N5O/c1-15-9-19(27)3-4-20(15)22-21(13-35-24(36-22)38-7-5-34-6-8-38)23(39)37(2)14-16-10-17(25(28,29)30)12-18(11-16)26(31,32)33/h3-4,9-13,34H,5-8,14H2,1-2H3. The first-order valence-electron chi connectivity index (χ1n) is 11.9. The predicted molar refractivity (Wildman–Crippen MR) is 129 cm³/mol. The van der Waals surface area contributed by atoms with E-state index in [0.29, 0.717) is 55.4 Å². The molecule has 1 aromatic heterocycles. The Hall–Kier alpha value is -3.74. The maximum absolute atomic E-state index is 13.8. The third-order valence-corrected chi connectivity index (χ3v) is 6.26. The minimum Gasteiger partial charge on any atom is -0.338 e. The summed E-state index contributed by atoms with van der Waals surface area (Å²) in [4.78, 5) is 25.3. The van der Waals surface area contributed by atoms with Gasteiger partial charge in [-0.05, 0) is 54.4 Å². The Morgan fingerprint density at radius 3 is 2.18 bits per heavy atom. The highest BCUT2D eigenvalue weighted by atomic mass is 19.4. The molecule has 6 nitrogen and oxygen atoms in total. The lowest BCUT2D eigenvalue weighted by molar-refractivity contribution is -0.143. The van der Waals surface area contributed by atoms with Crippen LogP contribution in [-0.4, -0.2) is 54.0 Å². The van der Waals surface area contributed by atoms with Crippen LogP contribution in [0, 0.1) is 12.7 Å². The number of benzene rings is 2. The van der Waals surface area contributed by atoms with Crippen molar-refractivity contribution in [2.24, 2.45) is 0 Å². The van der Waals surface area contributed by atoms with E-state index in [9.17, 15) is 35.5 Å². The maximum atomic E-state index is 13.8. The predicted octanol–water partition coefficient (Wildman–Crippen LogP) is 5.31. The number of halogens is 7. The number of rotatable bonds is 5. The molecule has 1 saturated heterocycles. The highest BCUT2D eigenvalue weighted by molar-refractivity contribution is 6.00. The molecule has 0 aliphatic carbocycles. The zero-order valence-corrected chi connectivity index (χ0v) is 20.9. The lowest BCUT2D eigenvalue weighted by atomic mass is 10.0. The van der Waals surface area contributed by atoms with E-state index in [2.05, 4.69) is 15.3 Å². The Morgan fingerprint density at radius 1 is 1.00 bits per heavy atom. The third-order valence-electron chi connectivity index (χ3n) is 6.26. The van der Waals surface area contributed by atoms with Crippen LogP contribution in [0.3, 0.4) is 0 Å². The average Bonchev–Trinajstić information content (AvgIpc) is 2.87. The lowest BCUT2D eigenvalue weighted by Gasteiger charge is -2.28. The summed E-state index contributed by atoms with van der Waals surface area (Å²) in [5, 5.41) is 3.20. The van der Waals surface area contributed by atoms with Gasteiger partial charge < -0.3 is 15.1 Å². The molecule has 1 aliphatic heterocycles. The van der Waals surface area contributed by atoms with E-state index in [4.69, 9.17) is 0 Å². The van der Waals surface area contributed by atoms with Crippen molar-refractivity contribution in [3.05, 3.63) is 76.2 Å². The van der Waals surface area contributed by atoms with Gasteiger partial charge in [-0.15, -0.1) is 0 Å². The molecule has 1 aliphatic rings. The number of carbonyl (C=O) groups is 1. The van der Waals surface area contributed by atoms with Crippen LogP contribution in [0.1, 0.15) is 32.6 Å². The summed E-state index contributed by atoms with van der Waals surface area (Å²) in [6.45, 7) is 3.67. The average molecular weight is 555 g/mol. The molecule has 0 atom stereocenters. The van der Waals surface area contributed by atoms with Crippen LogP contribution in [-0.2, 0) is 18.9 Å². The van der Waals surface area contributed by atoms with Crippen LogP contribution in [0.4, 0.5) is 36.7 Å². The summed E-state index contributed by atoms with van der Waals surface area (Å²) in [6.07, 6.45) is -8.76. The van der Waals surface area contributed by atoms with Crippen LogP contribution >= 0.6 is 0 Å². The van der Waals surface area contributed by atoms with Crippen LogP contribution in [0.25, 0.3) is 11.3 Å². The van der Waals surface area contributed by atoms with E-state index in [1.807, 2.05) is 4.90 Å². The molecule has 208 valence electrons. The number of aromatic nitrogens is 2. The van der Waals surface area contributed by atoms with Gasteiger partial charge in [0.2, 0.25) is 5.95 Å². The van der Waals surface area contributed by atoms with E-state index >= 15 is 0 Å². The van der Waals surface area contributed by atoms with Gasteiger partial charge in [-0.25, -0.2) is 14.4 Å². The van der Waals surface area contributed by atoms with Crippen molar-refractivity contribution in [3.8, 4) is 11.3 Å². The van der Waals surface area contributed by atoms with Crippen molar-refractivity contribution in [1.29, 1.82) is 0 Å². The molecular formula is C26H24F7N5O. The van der Waals surface area contributed by atoms with Crippen LogP contribution in [0.5, 0.6) is 0 Å². The number of amides is 1. The molecule has 0 radical (unpaired) electrons. The second-order valence-corrected chi connectivity index (χ2v) is 9.20. The van der Waals surface area contributed by atoms with Gasteiger partial charge in [-0.3, -0.25) is 4.79 Å². The number of piperazine rings is 1. The third kappa shape index (κ3) is 6.47. The first-order chi connectivity index (χ1) is 18.2. The van der Waals surface area contributed by atoms with Gasteiger partial charge in [-0.1, -0.05) is 0 Å². The maximum Gasteiger partial charge on any atom is 0.416 e. The highest BCUT2D eigenvalue weighted by Crippen LogP contribution is 2.37. The molecule has 39 heavy (non-hydrogen) atoms. The van der Waals surface area contributed by atoms with Gasteiger partial charge in [-0.2, -0.15) is 26.3 Å². The number of alkyl halides is 6. The highest BCUT2D eigenvalue weighted by Gasteiger charge is 2.37. The summed E-state index contributed by atoms with van der Waals surface area (Å²) in [7, 11) is 1.25. The molecule has 2 aromatic carbocycles. The van der Waals surface area contributed by atoms with Crippen molar-refractivity contribution in [1.82, 2.24) is 20.2 Å². The SMILES string of the molecule is Cc1cc(F)ccc1-c1nc(N2CCNCC2)ncc1C(=O)N(C)Cc1cc(C(F)(F)F)cc(C(F)(F)F)c1. The largest absolute Gasteiger partial charge is 0.416 e. The number of aryl methyl sites for hydroxylation is 1. The van der Waals surface area contributed by atoms with Crippen LogP contribution in [0.2, 0.25) is 0 Å². The molecule has 1 fully saturated rings. The number of hydrogen-bond acceptors (Lipinski definition) is 5. The fraction of sp³-hybridized carbons (Fsp3) is 0.346. The fourth-order valence-corrected chi connectivity index (χ4v) is 4.31. The number of carbonyl (C=O) groups excluding carboxylic acids is 1. The molecule has 0 unspecified atom stereocenters. The quantitative estimate of drug-likeness (QED) is 0.433. The zero-order chi connectivity index (χ0) is 28.5. The van der Waals surface area contributed by atoms with E-state index in [1.165, 1.54) is 31.4 Å². The Bertz CT molecular complexity index is 1340. The van der Waals surface area contributed by atoms with Gasteiger partial charge in [0, 0.05) is 51.5 Å². The minimum atomic E-state index is -5.01. The van der Waals surface area contributed by atoms with E-state index in [0.717, 1.165) is 4.90 Å². The summed E-state index contributed by atoms with van der Waals surface area (Å²) < 4.78 is 93.6. The normalized spacial score (nSPS) is 14.4. The molecule has 1 N–H and O–H groups in total. The molecule has 0 bridgehead atoms. The molecule has 2 heterocycles. The van der Waals surface area contributed by atoms with Crippen molar-refractivity contribution in [3.63, 3.8) is 0 Å².